The second-order valence-corrected chi connectivity index (χ2v) is 8.02. The number of hydrogen-bond donors (Lipinski definition) is 2. The van der Waals surface area contributed by atoms with Crippen molar-refractivity contribution in [3.05, 3.63) is 94.9 Å². The largest absolute Gasteiger partial charge is 0.493 e. The van der Waals surface area contributed by atoms with Crippen LogP contribution in [0, 0.1) is 0 Å². The summed E-state index contributed by atoms with van der Waals surface area (Å²) < 4.78 is 11.1. The van der Waals surface area contributed by atoms with Crippen LogP contribution in [0.25, 0.3) is 6.08 Å². The van der Waals surface area contributed by atoms with Crippen LogP contribution < -0.4 is 20.1 Å². The van der Waals surface area contributed by atoms with Gasteiger partial charge in [-0.3, -0.25) is 20.2 Å². The van der Waals surface area contributed by atoms with Gasteiger partial charge in [0, 0.05) is 12.1 Å². The van der Waals surface area contributed by atoms with Crippen LogP contribution in [0.3, 0.4) is 0 Å². The van der Waals surface area contributed by atoms with Crippen molar-refractivity contribution in [2.45, 2.75) is 6.42 Å². The maximum Gasteiger partial charge on any atom is 0.417 e. The smallest absolute Gasteiger partial charge is 0.417 e. The molecule has 7 nitrogen and oxygen atoms in total. The Bertz CT molecular complexity index is 1190. The fraction of sp³-hybridized carbons (Fsp3) is 0.0800. The minimum Gasteiger partial charge on any atom is -0.493 e. The summed E-state index contributed by atoms with van der Waals surface area (Å²) in [5.41, 5.74) is 2.37. The summed E-state index contributed by atoms with van der Waals surface area (Å²) in [4.78, 5) is 35.5. The molecule has 0 saturated carbocycles. The molecule has 4 rings (SSSR count). The standard InChI is InChI=1S/C25H20N2O5S/c28-23-22(33-25(30)27-23)16-17-10-12-19(13-11-17)31-15-14-18-6-4-5-9-21(18)26-24(29)32-20-7-2-1-3-8-20/h1-13,16H,14-15H2,(H,26,29)(H,27,28,30). The first-order valence-electron chi connectivity index (χ1n) is 10.2. The van der Waals surface area contributed by atoms with Crippen LogP contribution in [0.5, 0.6) is 11.5 Å². The first kappa shape index (κ1) is 22.2. The predicted octanol–water partition coefficient (Wildman–Crippen LogP) is 5.24. The van der Waals surface area contributed by atoms with E-state index in [1.165, 1.54) is 0 Å². The summed E-state index contributed by atoms with van der Waals surface area (Å²) in [6.45, 7) is 0.402. The Morgan fingerprint density at radius 1 is 0.909 bits per heavy atom. The molecule has 0 aromatic heterocycles. The van der Waals surface area contributed by atoms with Crippen LogP contribution in [0.4, 0.5) is 15.3 Å². The molecule has 0 unspecified atom stereocenters. The highest BCUT2D eigenvalue weighted by molar-refractivity contribution is 8.18. The number of hydrogen-bond acceptors (Lipinski definition) is 6. The summed E-state index contributed by atoms with van der Waals surface area (Å²) >= 11 is 0.881. The van der Waals surface area contributed by atoms with E-state index < -0.39 is 6.09 Å². The Kier molecular flexibility index (Phi) is 7.06. The van der Waals surface area contributed by atoms with E-state index >= 15 is 0 Å². The molecule has 0 aliphatic carbocycles. The maximum atomic E-state index is 12.2. The van der Waals surface area contributed by atoms with Crippen molar-refractivity contribution in [2.24, 2.45) is 0 Å². The topological polar surface area (TPSA) is 93.7 Å². The molecule has 2 N–H and O–H groups in total. The van der Waals surface area contributed by atoms with Crippen LogP contribution in [0.15, 0.2) is 83.8 Å². The number of rotatable bonds is 7. The molecule has 0 radical (unpaired) electrons. The quantitative estimate of drug-likeness (QED) is 0.468. The number of benzene rings is 3. The summed E-state index contributed by atoms with van der Waals surface area (Å²) in [6.07, 6.45) is 1.67. The maximum absolute atomic E-state index is 12.2. The molecule has 1 fully saturated rings. The van der Waals surface area contributed by atoms with Crippen LogP contribution in [0.1, 0.15) is 11.1 Å². The van der Waals surface area contributed by atoms with Crippen molar-refractivity contribution < 1.29 is 23.9 Å². The second-order valence-electron chi connectivity index (χ2n) is 7.00. The van der Waals surface area contributed by atoms with Gasteiger partial charge in [0.05, 0.1) is 11.5 Å². The zero-order valence-corrected chi connectivity index (χ0v) is 18.3. The summed E-state index contributed by atoms with van der Waals surface area (Å²) in [5, 5.41) is 4.64. The molecule has 1 heterocycles. The van der Waals surface area contributed by atoms with Gasteiger partial charge in [-0.15, -0.1) is 0 Å². The lowest BCUT2D eigenvalue weighted by molar-refractivity contribution is -0.115. The highest BCUT2D eigenvalue weighted by Gasteiger charge is 2.24. The zero-order valence-electron chi connectivity index (χ0n) is 17.4. The highest BCUT2D eigenvalue weighted by Crippen LogP contribution is 2.26. The number of thioether (sulfide) groups is 1. The van der Waals surface area contributed by atoms with Crippen molar-refractivity contribution in [2.75, 3.05) is 11.9 Å². The van der Waals surface area contributed by atoms with Crippen molar-refractivity contribution >= 4 is 40.8 Å². The van der Waals surface area contributed by atoms with E-state index in [0.717, 1.165) is 22.9 Å². The van der Waals surface area contributed by atoms with Gasteiger partial charge in [0.1, 0.15) is 11.5 Å². The Morgan fingerprint density at radius 3 is 2.36 bits per heavy atom. The van der Waals surface area contributed by atoms with Gasteiger partial charge in [0.15, 0.2) is 0 Å². The van der Waals surface area contributed by atoms with Gasteiger partial charge < -0.3 is 9.47 Å². The van der Waals surface area contributed by atoms with Gasteiger partial charge in [0.2, 0.25) is 0 Å². The van der Waals surface area contributed by atoms with Crippen molar-refractivity contribution in [3.63, 3.8) is 0 Å². The van der Waals surface area contributed by atoms with E-state index in [1.54, 1.807) is 42.5 Å². The number of carbonyl (C=O) groups excluding carboxylic acids is 3. The monoisotopic (exact) mass is 460 g/mol. The van der Waals surface area contributed by atoms with Gasteiger partial charge in [-0.05, 0) is 59.3 Å². The fourth-order valence-corrected chi connectivity index (χ4v) is 3.79. The fourth-order valence-electron chi connectivity index (χ4n) is 3.10. The van der Waals surface area contributed by atoms with Crippen LogP contribution in [0.2, 0.25) is 0 Å². The summed E-state index contributed by atoms with van der Waals surface area (Å²) in [5.74, 6) is 0.754. The molecular weight excluding hydrogens is 440 g/mol. The van der Waals surface area contributed by atoms with Crippen molar-refractivity contribution in [1.29, 1.82) is 0 Å². The Hall–Kier alpha value is -4.04. The normalized spacial score (nSPS) is 14.1. The number of ether oxygens (including phenoxy) is 2. The second kappa shape index (κ2) is 10.5. The van der Waals surface area contributed by atoms with Crippen molar-refractivity contribution in [1.82, 2.24) is 5.32 Å². The van der Waals surface area contributed by atoms with Crippen LogP contribution in [-0.4, -0.2) is 23.8 Å². The van der Waals surface area contributed by atoms with Gasteiger partial charge in [-0.2, -0.15) is 0 Å². The summed E-state index contributed by atoms with van der Waals surface area (Å²) in [7, 11) is 0. The Labute approximate surface area is 194 Å². The van der Waals surface area contributed by atoms with Gasteiger partial charge in [-0.25, -0.2) is 4.79 Å². The minimum atomic E-state index is -0.560. The molecule has 0 atom stereocenters. The van der Waals surface area contributed by atoms with E-state index in [1.807, 2.05) is 42.5 Å². The molecule has 1 aliphatic rings. The molecule has 0 bridgehead atoms. The molecule has 1 saturated heterocycles. The van der Waals surface area contributed by atoms with Crippen molar-refractivity contribution in [3.8, 4) is 11.5 Å². The third-order valence-corrected chi connectivity index (χ3v) is 5.48. The molecule has 33 heavy (non-hydrogen) atoms. The predicted molar refractivity (Wildman–Crippen MR) is 127 cm³/mol. The average molecular weight is 461 g/mol. The molecule has 166 valence electrons. The van der Waals surface area contributed by atoms with Gasteiger partial charge in [-0.1, -0.05) is 48.5 Å². The molecule has 3 aromatic rings. The van der Waals surface area contributed by atoms with Crippen LogP contribution in [-0.2, 0) is 11.2 Å². The Balaban J connectivity index is 1.31. The van der Waals surface area contributed by atoms with E-state index in [2.05, 4.69) is 10.6 Å². The molecular formula is C25H20N2O5S. The number of para-hydroxylation sites is 2. The first-order valence-corrected chi connectivity index (χ1v) is 11.0. The van der Waals surface area contributed by atoms with E-state index in [-0.39, 0.29) is 11.1 Å². The third-order valence-electron chi connectivity index (χ3n) is 4.67. The van der Waals surface area contributed by atoms with Gasteiger partial charge >= 0.3 is 6.09 Å². The first-order chi connectivity index (χ1) is 16.1. The van der Waals surface area contributed by atoms with Gasteiger partial charge in [0.25, 0.3) is 11.1 Å². The zero-order chi connectivity index (χ0) is 23.0. The molecule has 3 amide bonds. The lowest BCUT2D eigenvalue weighted by Gasteiger charge is -2.12. The number of imide groups is 1. The van der Waals surface area contributed by atoms with E-state index in [0.29, 0.717) is 35.1 Å². The van der Waals surface area contributed by atoms with E-state index in [9.17, 15) is 14.4 Å². The molecule has 3 aromatic carbocycles. The molecule has 1 aliphatic heterocycles. The average Bonchev–Trinajstić information content (AvgIpc) is 3.13. The Morgan fingerprint density at radius 2 is 1.64 bits per heavy atom. The number of amides is 3. The SMILES string of the molecule is O=C(Nc1ccccc1CCOc1ccc(C=C2SC(=O)NC2=O)cc1)Oc1ccccc1. The number of nitrogens with one attached hydrogen (secondary N) is 2. The number of anilines is 1. The minimum absolute atomic E-state index is 0.364. The van der Waals surface area contributed by atoms with E-state index in [4.69, 9.17) is 9.47 Å². The highest BCUT2D eigenvalue weighted by atomic mass is 32.2. The lowest BCUT2D eigenvalue weighted by Crippen LogP contribution is -2.18. The van der Waals surface area contributed by atoms with Crippen LogP contribution >= 0.6 is 11.8 Å². The molecule has 0 spiro atoms. The summed E-state index contributed by atoms with van der Waals surface area (Å²) in [6, 6.07) is 23.5. The lowest BCUT2D eigenvalue weighted by atomic mass is 10.1. The molecule has 8 heteroatoms. The third kappa shape index (κ3) is 6.24. The number of carbonyl (C=O) groups is 3.